The van der Waals surface area contributed by atoms with E-state index in [0.29, 0.717) is 23.2 Å². The van der Waals surface area contributed by atoms with Crippen molar-refractivity contribution >= 4 is 17.2 Å². The second kappa shape index (κ2) is 6.20. The molecule has 0 radical (unpaired) electrons. The SMILES string of the molecule is Cc1nc(C2(NC(=O)c3cc4c(s3)-c3ccccc3OC4)CCCC2)no1. The number of aromatic nitrogens is 2. The van der Waals surface area contributed by atoms with E-state index in [2.05, 4.69) is 15.5 Å². The molecule has 2 aromatic heterocycles. The largest absolute Gasteiger partial charge is 0.488 e. The number of nitrogens with zero attached hydrogens (tertiary/aromatic N) is 2. The van der Waals surface area contributed by atoms with Crippen molar-refractivity contribution in [3.8, 4) is 16.2 Å². The Bertz CT molecular complexity index is 1020. The first-order valence-electron chi connectivity index (χ1n) is 9.13. The molecule has 1 aliphatic heterocycles. The number of thiophene rings is 1. The molecule has 1 saturated carbocycles. The summed E-state index contributed by atoms with van der Waals surface area (Å²) in [6.45, 7) is 2.26. The third-order valence-electron chi connectivity index (χ3n) is 5.31. The monoisotopic (exact) mass is 381 g/mol. The molecule has 5 rings (SSSR count). The first kappa shape index (κ1) is 16.5. The van der Waals surface area contributed by atoms with Crippen LogP contribution in [0.2, 0.25) is 0 Å². The van der Waals surface area contributed by atoms with Crippen molar-refractivity contribution in [1.29, 1.82) is 0 Å². The molecule has 2 aliphatic rings. The molecule has 0 saturated heterocycles. The van der Waals surface area contributed by atoms with E-state index >= 15 is 0 Å². The zero-order chi connectivity index (χ0) is 18.4. The average Bonchev–Trinajstić information content (AvgIpc) is 3.41. The first-order valence-corrected chi connectivity index (χ1v) is 9.94. The molecule has 6 nitrogen and oxygen atoms in total. The van der Waals surface area contributed by atoms with Gasteiger partial charge in [0.1, 0.15) is 17.9 Å². The Morgan fingerprint density at radius 1 is 1.26 bits per heavy atom. The van der Waals surface area contributed by atoms with E-state index in [1.54, 1.807) is 6.92 Å². The van der Waals surface area contributed by atoms with Gasteiger partial charge >= 0.3 is 0 Å². The average molecular weight is 381 g/mol. The molecule has 27 heavy (non-hydrogen) atoms. The molecule has 0 spiro atoms. The number of rotatable bonds is 3. The Kier molecular flexibility index (Phi) is 3.79. The molecule has 3 heterocycles. The summed E-state index contributed by atoms with van der Waals surface area (Å²) in [5.74, 6) is 1.89. The molecular weight excluding hydrogens is 362 g/mol. The van der Waals surface area contributed by atoms with Gasteiger partial charge in [0.05, 0.1) is 4.88 Å². The molecule has 1 amide bonds. The van der Waals surface area contributed by atoms with Crippen LogP contribution in [0.1, 0.15) is 52.6 Å². The standard InChI is InChI=1S/C20H19N3O3S/c1-12-21-19(23-26-12)20(8-4-5-9-20)22-18(24)16-10-13-11-25-15-7-3-2-6-14(15)17(13)27-16/h2-3,6-7,10H,4-5,8-9,11H2,1H3,(H,22,24). The molecule has 0 atom stereocenters. The van der Waals surface area contributed by atoms with Crippen LogP contribution in [-0.4, -0.2) is 16.0 Å². The van der Waals surface area contributed by atoms with Gasteiger partial charge in [0.2, 0.25) is 5.89 Å². The molecule has 1 aromatic carbocycles. The van der Waals surface area contributed by atoms with Crippen LogP contribution in [0.4, 0.5) is 0 Å². The van der Waals surface area contributed by atoms with E-state index < -0.39 is 5.54 Å². The van der Waals surface area contributed by atoms with Crippen molar-refractivity contribution < 1.29 is 14.1 Å². The van der Waals surface area contributed by atoms with Crippen LogP contribution >= 0.6 is 11.3 Å². The number of carbonyl (C=O) groups is 1. The first-order chi connectivity index (χ1) is 13.1. The Morgan fingerprint density at radius 2 is 2.07 bits per heavy atom. The van der Waals surface area contributed by atoms with E-state index in [1.165, 1.54) is 11.3 Å². The predicted octanol–water partition coefficient (Wildman–Crippen LogP) is 4.20. The van der Waals surface area contributed by atoms with Gasteiger partial charge in [-0.05, 0) is 31.0 Å². The summed E-state index contributed by atoms with van der Waals surface area (Å²) in [4.78, 5) is 19.3. The zero-order valence-electron chi connectivity index (χ0n) is 14.9. The summed E-state index contributed by atoms with van der Waals surface area (Å²) in [7, 11) is 0. The quantitative estimate of drug-likeness (QED) is 0.736. The lowest BCUT2D eigenvalue weighted by Gasteiger charge is -2.26. The molecular formula is C20H19N3O3S. The van der Waals surface area contributed by atoms with Crippen molar-refractivity contribution in [2.45, 2.75) is 44.8 Å². The van der Waals surface area contributed by atoms with Gasteiger partial charge in [-0.15, -0.1) is 11.3 Å². The topological polar surface area (TPSA) is 77.2 Å². The van der Waals surface area contributed by atoms with Gasteiger partial charge in [0.25, 0.3) is 5.91 Å². The summed E-state index contributed by atoms with van der Waals surface area (Å²) in [5.41, 5.74) is 1.57. The number of hydrogen-bond donors (Lipinski definition) is 1. The highest BCUT2D eigenvalue weighted by Gasteiger charge is 2.41. The minimum absolute atomic E-state index is 0.0868. The maximum absolute atomic E-state index is 13.1. The molecule has 0 unspecified atom stereocenters. The normalized spacial score (nSPS) is 17.1. The lowest BCUT2D eigenvalue weighted by Crippen LogP contribution is -2.44. The lowest BCUT2D eigenvalue weighted by molar-refractivity contribution is 0.0896. The summed E-state index contributed by atoms with van der Waals surface area (Å²) in [6, 6.07) is 9.88. The van der Waals surface area contributed by atoms with Crippen LogP contribution in [0.3, 0.4) is 0 Å². The molecule has 138 valence electrons. The number of carbonyl (C=O) groups excluding carboxylic acids is 1. The van der Waals surface area contributed by atoms with Crippen LogP contribution in [0, 0.1) is 6.92 Å². The van der Waals surface area contributed by atoms with Crippen molar-refractivity contribution in [3.63, 3.8) is 0 Å². The smallest absolute Gasteiger partial charge is 0.262 e. The van der Waals surface area contributed by atoms with Crippen molar-refractivity contribution in [3.05, 3.63) is 52.5 Å². The third-order valence-corrected chi connectivity index (χ3v) is 6.52. The van der Waals surface area contributed by atoms with Gasteiger partial charge in [-0.1, -0.05) is 30.1 Å². The Labute approximate surface area is 160 Å². The van der Waals surface area contributed by atoms with Gasteiger partial charge in [0, 0.05) is 22.9 Å². The van der Waals surface area contributed by atoms with E-state index in [9.17, 15) is 4.79 Å². The summed E-state index contributed by atoms with van der Waals surface area (Å²) in [5, 5.41) is 7.31. The summed E-state index contributed by atoms with van der Waals surface area (Å²) in [6.07, 6.45) is 3.73. The maximum Gasteiger partial charge on any atom is 0.262 e. The minimum Gasteiger partial charge on any atom is -0.488 e. The van der Waals surface area contributed by atoms with E-state index in [-0.39, 0.29) is 5.91 Å². The number of nitrogens with one attached hydrogen (secondary N) is 1. The van der Waals surface area contributed by atoms with Crippen LogP contribution in [0.15, 0.2) is 34.9 Å². The Balaban J connectivity index is 1.46. The number of benzene rings is 1. The van der Waals surface area contributed by atoms with E-state index in [4.69, 9.17) is 9.26 Å². The van der Waals surface area contributed by atoms with Gasteiger partial charge in [-0.2, -0.15) is 4.98 Å². The molecule has 7 heteroatoms. The van der Waals surface area contributed by atoms with Crippen LogP contribution in [0.25, 0.3) is 10.4 Å². The lowest BCUT2D eigenvalue weighted by atomic mass is 9.96. The number of amides is 1. The molecule has 3 aromatic rings. The summed E-state index contributed by atoms with van der Waals surface area (Å²) < 4.78 is 11.0. The second-order valence-electron chi connectivity index (χ2n) is 7.13. The van der Waals surface area contributed by atoms with Gasteiger partial charge in [0.15, 0.2) is 5.82 Å². The van der Waals surface area contributed by atoms with Gasteiger partial charge in [-0.3, -0.25) is 4.79 Å². The van der Waals surface area contributed by atoms with Gasteiger partial charge in [-0.25, -0.2) is 0 Å². The Morgan fingerprint density at radius 3 is 2.85 bits per heavy atom. The summed E-state index contributed by atoms with van der Waals surface area (Å²) >= 11 is 1.51. The number of fused-ring (bicyclic) bond motifs is 3. The van der Waals surface area contributed by atoms with Crippen LogP contribution < -0.4 is 10.1 Å². The zero-order valence-corrected chi connectivity index (χ0v) is 15.8. The molecule has 1 fully saturated rings. The fourth-order valence-electron chi connectivity index (χ4n) is 3.97. The maximum atomic E-state index is 13.1. The highest BCUT2D eigenvalue weighted by molar-refractivity contribution is 7.17. The highest BCUT2D eigenvalue weighted by Crippen LogP contribution is 2.43. The van der Waals surface area contributed by atoms with Crippen LogP contribution in [0.5, 0.6) is 5.75 Å². The van der Waals surface area contributed by atoms with Crippen molar-refractivity contribution in [2.24, 2.45) is 0 Å². The van der Waals surface area contributed by atoms with Crippen molar-refractivity contribution in [2.75, 3.05) is 0 Å². The Hall–Kier alpha value is -2.67. The number of aryl methyl sites for hydroxylation is 1. The van der Waals surface area contributed by atoms with E-state index in [0.717, 1.165) is 47.4 Å². The highest BCUT2D eigenvalue weighted by atomic mass is 32.1. The fraction of sp³-hybridized carbons (Fsp3) is 0.350. The minimum atomic E-state index is -0.534. The van der Waals surface area contributed by atoms with E-state index in [1.807, 2.05) is 30.3 Å². The second-order valence-corrected chi connectivity index (χ2v) is 8.18. The molecule has 1 aliphatic carbocycles. The number of hydrogen-bond acceptors (Lipinski definition) is 6. The number of para-hydroxylation sites is 1. The fourth-order valence-corrected chi connectivity index (χ4v) is 5.06. The van der Waals surface area contributed by atoms with Gasteiger partial charge < -0.3 is 14.6 Å². The van der Waals surface area contributed by atoms with Crippen LogP contribution in [-0.2, 0) is 12.1 Å². The third kappa shape index (κ3) is 2.73. The number of ether oxygens (including phenoxy) is 1. The predicted molar refractivity (Wildman–Crippen MR) is 101 cm³/mol. The molecule has 0 bridgehead atoms. The van der Waals surface area contributed by atoms with Crippen molar-refractivity contribution in [1.82, 2.24) is 15.5 Å². The molecule has 1 N–H and O–H groups in total.